The summed E-state index contributed by atoms with van der Waals surface area (Å²) in [6.45, 7) is 2.00. The number of para-hydroxylation sites is 2. The van der Waals surface area contributed by atoms with Crippen LogP contribution in [0, 0.1) is 6.92 Å². The second kappa shape index (κ2) is 5.05. The van der Waals surface area contributed by atoms with E-state index in [0.29, 0.717) is 5.02 Å². The summed E-state index contributed by atoms with van der Waals surface area (Å²) in [6, 6.07) is 18.3. The number of fused-ring (bicyclic) bond motifs is 3. The largest absolute Gasteiger partial charge is 0.354 e. The Labute approximate surface area is 138 Å². The minimum atomic E-state index is 0.716. The Morgan fingerprint density at radius 1 is 0.773 bits per heavy atom. The second-order valence-corrected chi connectivity index (χ2v) is 6.24. The lowest BCUT2D eigenvalue weighted by molar-refractivity contribution is 1.45. The van der Waals surface area contributed by atoms with Crippen LogP contribution in [0.15, 0.2) is 54.6 Å². The number of benzene rings is 3. The molecule has 0 saturated heterocycles. The maximum atomic E-state index is 6.46. The lowest BCUT2D eigenvalue weighted by Crippen LogP contribution is -1.88. The molecular formula is C19H13Cl2N. The SMILES string of the molecule is Cc1c(Cl)ccc(Cl)c1-c1cccc2c1[nH]c1ccccc12. The molecule has 0 amide bonds. The summed E-state index contributed by atoms with van der Waals surface area (Å²) in [4.78, 5) is 3.52. The van der Waals surface area contributed by atoms with Crippen molar-refractivity contribution >= 4 is 45.0 Å². The maximum absolute atomic E-state index is 6.46. The minimum absolute atomic E-state index is 0.716. The molecule has 0 atom stereocenters. The molecule has 3 heteroatoms. The van der Waals surface area contributed by atoms with E-state index >= 15 is 0 Å². The Morgan fingerprint density at radius 3 is 2.36 bits per heavy atom. The number of hydrogen-bond acceptors (Lipinski definition) is 0. The molecule has 0 fully saturated rings. The first-order chi connectivity index (χ1) is 10.7. The fraction of sp³-hybridized carbons (Fsp3) is 0.0526. The number of nitrogens with one attached hydrogen (secondary N) is 1. The first kappa shape index (κ1) is 13.7. The van der Waals surface area contributed by atoms with Crippen LogP contribution in [0.25, 0.3) is 32.9 Å². The number of aromatic nitrogens is 1. The molecule has 0 aliphatic rings. The molecule has 0 aliphatic carbocycles. The van der Waals surface area contributed by atoms with Gasteiger partial charge < -0.3 is 4.98 Å². The summed E-state index contributed by atoms with van der Waals surface area (Å²) in [6.07, 6.45) is 0. The molecular weight excluding hydrogens is 313 g/mol. The van der Waals surface area contributed by atoms with Crippen molar-refractivity contribution in [1.29, 1.82) is 0 Å². The highest BCUT2D eigenvalue weighted by Gasteiger charge is 2.15. The lowest BCUT2D eigenvalue weighted by Gasteiger charge is -2.11. The summed E-state index contributed by atoms with van der Waals surface area (Å²) in [7, 11) is 0. The zero-order valence-corrected chi connectivity index (χ0v) is 13.5. The summed E-state index contributed by atoms with van der Waals surface area (Å²) in [5, 5.41) is 3.86. The van der Waals surface area contributed by atoms with E-state index in [1.807, 2.05) is 25.1 Å². The molecule has 1 heterocycles. The third-order valence-corrected chi connectivity index (χ3v) is 4.88. The smallest absolute Gasteiger partial charge is 0.0545 e. The zero-order valence-electron chi connectivity index (χ0n) is 12.0. The van der Waals surface area contributed by atoms with E-state index in [-0.39, 0.29) is 0 Å². The van der Waals surface area contributed by atoms with Crippen molar-refractivity contribution in [2.45, 2.75) is 6.92 Å². The third-order valence-electron chi connectivity index (χ3n) is 4.16. The van der Waals surface area contributed by atoms with E-state index in [2.05, 4.69) is 41.4 Å². The molecule has 0 bridgehead atoms. The molecule has 1 nitrogen and oxygen atoms in total. The Bertz CT molecular complexity index is 1010. The van der Waals surface area contributed by atoms with E-state index in [0.717, 1.165) is 32.7 Å². The van der Waals surface area contributed by atoms with Gasteiger partial charge in [-0.1, -0.05) is 59.6 Å². The highest BCUT2D eigenvalue weighted by molar-refractivity contribution is 6.36. The number of rotatable bonds is 1. The fourth-order valence-electron chi connectivity index (χ4n) is 3.07. The average Bonchev–Trinajstić information content (AvgIpc) is 2.91. The van der Waals surface area contributed by atoms with E-state index in [1.54, 1.807) is 0 Å². The van der Waals surface area contributed by atoms with Gasteiger partial charge in [0.15, 0.2) is 0 Å². The van der Waals surface area contributed by atoms with Gasteiger partial charge in [0.1, 0.15) is 0 Å². The second-order valence-electron chi connectivity index (χ2n) is 5.43. The van der Waals surface area contributed by atoms with Crippen molar-refractivity contribution in [2.24, 2.45) is 0 Å². The molecule has 0 aliphatic heterocycles. The van der Waals surface area contributed by atoms with Crippen LogP contribution in [-0.4, -0.2) is 4.98 Å². The Morgan fingerprint density at radius 2 is 1.50 bits per heavy atom. The quantitative estimate of drug-likeness (QED) is 0.405. The molecule has 4 rings (SSSR count). The Balaban J connectivity index is 2.15. The van der Waals surface area contributed by atoms with Crippen LogP contribution < -0.4 is 0 Å². The van der Waals surface area contributed by atoms with Crippen molar-refractivity contribution in [1.82, 2.24) is 4.98 Å². The van der Waals surface area contributed by atoms with Crippen LogP contribution in [0.2, 0.25) is 10.0 Å². The molecule has 3 aromatic carbocycles. The van der Waals surface area contributed by atoms with Gasteiger partial charge in [0.05, 0.1) is 5.52 Å². The van der Waals surface area contributed by atoms with Crippen molar-refractivity contribution in [3.8, 4) is 11.1 Å². The van der Waals surface area contributed by atoms with Gasteiger partial charge in [-0.3, -0.25) is 0 Å². The van der Waals surface area contributed by atoms with Crippen molar-refractivity contribution in [2.75, 3.05) is 0 Å². The molecule has 4 aromatic rings. The van der Waals surface area contributed by atoms with E-state index in [4.69, 9.17) is 23.2 Å². The van der Waals surface area contributed by atoms with Gasteiger partial charge in [-0.2, -0.15) is 0 Å². The first-order valence-corrected chi connectivity index (χ1v) is 7.87. The lowest BCUT2D eigenvalue weighted by atomic mass is 9.98. The number of aromatic amines is 1. The summed E-state index contributed by atoms with van der Waals surface area (Å²) < 4.78 is 0. The maximum Gasteiger partial charge on any atom is 0.0545 e. The highest BCUT2D eigenvalue weighted by Crippen LogP contribution is 2.39. The van der Waals surface area contributed by atoms with Crippen LogP contribution in [0.3, 0.4) is 0 Å². The number of hydrogen-bond donors (Lipinski definition) is 1. The van der Waals surface area contributed by atoms with E-state index < -0.39 is 0 Å². The van der Waals surface area contributed by atoms with Crippen LogP contribution in [0.1, 0.15) is 5.56 Å². The Kier molecular flexibility index (Phi) is 3.14. The third kappa shape index (κ3) is 1.93. The topological polar surface area (TPSA) is 15.8 Å². The molecule has 0 spiro atoms. The average molecular weight is 326 g/mol. The predicted octanol–water partition coefficient (Wildman–Crippen LogP) is 6.60. The van der Waals surface area contributed by atoms with Gasteiger partial charge in [-0.25, -0.2) is 0 Å². The van der Waals surface area contributed by atoms with Crippen LogP contribution in [0.4, 0.5) is 0 Å². The van der Waals surface area contributed by atoms with Gasteiger partial charge >= 0.3 is 0 Å². The standard InChI is InChI=1S/C19H13Cl2N/c1-11-15(20)9-10-16(21)18(11)14-7-4-6-13-12-5-2-3-8-17(12)22-19(13)14/h2-10,22H,1H3. The van der Waals surface area contributed by atoms with Crippen molar-refractivity contribution in [3.63, 3.8) is 0 Å². The number of H-pyrrole nitrogens is 1. The van der Waals surface area contributed by atoms with Gasteiger partial charge in [0, 0.05) is 37.5 Å². The van der Waals surface area contributed by atoms with Gasteiger partial charge in [-0.15, -0.1) is 0 Å². The molecule has 0 saturated carbocycles. The van der Waals surface area contributed by atoms with Gasteiger partial charge in [-0.05, 0) is 30.7 Å². The molecule has 1 aromatic heterocycles. The Hall–Kier alpha value is -1.96. The van der Waals surface area contributed by atoms with Crippen LogP contribution in [0.5, 0.6) is 0 Å². The molecule has 0 unspecified atom stereocenters. The monoisotopic (exact) mass is 325 g/mol. The van der Waals surface area contributed by atoms with Crippen molar-refractivity contribution < 1.29 is 0 Å². The fourth-order valence-corrected chi connectivity index (χ4v) is 3.53. The van der Waals surface area contributed by atoms with Gasteiger partial charge in [0.25, 0.3) is 0 Å². The summed E-state index contributed by atoms with van der Waals surface area (Å²) >= 11 is 12.8. The predicted molar refractivity (Wildman–Crippen MR) is 96.0 cm³/mol. The molecule has 1 N–H and O–H groups in total. The summed E-state index contributed by atoms with van der Waals surface area (Å²) in [5.41, 5.74) is 5.29. The number of halogens is 2. The van der Waals surface area contributed by atoms with Crippen LogP contribution in [-0.2, 0) is 0 Å². The minimum Gasteiger partial charge on any atom is -0.354 e. The first-order valence-electron chi connectivity index (χ1n) is 7.11. The molecule has 0 radical (unpaired) electrons. The highest BCUT2D eigenvalue weighted by atomic mass is 35.5. The van der Waals surface area contributed by atoms with Crippen molar-refractivity contribution in [3.05, 3.63) is 70.2 Å². The van der Waals surface area contributed by atoms with E-state index in [9.17, 15) is 0 Å². The molecule has 22 heavy (non-hydrogen) atoms. The van der Waals surface area contributed by atoms with Gasteiger partial charge in [0.2, 0.25) is 0 Å². The molecule has 108 valence electrons. The van der Waals surface area contributed by atoms with E-state index in [1.165, 1.54) is 10.8 Å². The normalized spacial score (nSPS) is 11.4. The zero-order chi connectivity index (χ0) is 15.3. The van der Waals surface area contributed by atoms with Crippen LogP contribution >= 0.6 is 23.2 Å². The summed E-state index contributed by atoms with van der Waals surface area (Å²) in [5.74, 6) is 0.